The Balaban J connectivity index is 2.39. The van der Waals surface area contributed by atoms with E-state index < -0.39 is 14.2 Å². The summed E-state index contributed by atoms with van der Waals surface area (Å²) in [7, 11) is -1.10. The van der Waals surface area contributed by atoms with Crippen LogP contribution < -0.4 is 0 Å². The third kappa shape index (κ3) is 4.35. The van der Waals surface area contributed by atoms with Crippen LogP contribution in [-0.2, 0) is 9.53 Å². The van der Waals surface area contributed by atoms with Gasteiger partial charge in [-0.3, -0.25) is 9.89 Å². The number of carbonyl (C=O) groups excluding carboxylic acids is 1. The number of hydrogen-bond acceptors (Lipinski definition) is 4. The summed E-state index contributed by atoms with van der Waals surface area (Å²) in [6, 6.07) is 1.04. The number of hydrogen-bond donors (Lipinski definition) is 1. The van der Waals surface area contributed by atoms with Crippen molar-refractivity contribution in [2.45, 2.75) is 31.8 Å². The average Bonchev–Trinajstić information content (AvgIpc) is 2.63. The molecule has 1 unspecified atom stereocenters. The summed E-state index contributed by atoms with van der Waals surface area (Å²) in [5.74, 6) is 0. The molecule has 1 aromatic heterocycles. The monoisotopic (exact) mass is 227 g/mol. The van der Waals surface area contributed by atoms with Crippen LogP contribution in [0.25, 0.3) is 0 Å². The first-order valence-electron chi connectivity index (χ1n) is 4.96. The SMILES string of the molecule is C[Si](C)(C)CCOC(C=O)c1cnn[nH]1. The molecule has 0 saturated carbocycles. The van der Waals surface area contributed by atoms with Crippen LogP contribution in [0, 0.1) is 0 Å². The lowest BCUT2D eigenvalue weighted by Crippen LogP contribution is -2.22. The van der Waals surface area contributed by atoms with Crippen LogP contribution in [0.4, 0.5) is 0 Å². The number of carbonyl (C=O) groups is 1. The molecule has 1 aromatic rings. The maximum Gasteiger partial charge on any atom is 0.155 e. The fourth-order valence-corrected chi connectivity index (χ4v) is 1.77. The number of nitrogens with one attached hydrogen (secondary N) is 1. The number of aromatic amines is 1. The summed E-state index contributed by atoms with van der Waals surface area (Å²) in [6.45, 7) is 7.41. The summed E-state index contributed by atoms with van der Waals surface area (Å²) < 4.78 is 5.47. The first-order chi connectivity index (χ1) is 7.03. The van der Waals surface area contributed by atoms with Crippen LogP contribution in [0.5, 0.6) is 0 Å². The quantitative estimate of drug-likeness (QED) is 0.589. The highest BCUT2D eigenvalue weighted by Gasteiger charge is 2.16. The van der Waals surface area contributed by atoms with Gasteiger partial charge in [0.05, 0.1) is 11.9 Å². The van der Waals surface area contributed by atoms with Gasteiger partial charge in [0.25, 0.3) is 0 Å². The summed E-state index contributed by atoms with van der Waals surface area (Å²) in [5.41, 5.74) is 0.612. The Morgan fingerprint density at radius 3 is 2.80 bits per heavy atom. The van der Waals surface area contributed by atoms with Crippen molar-refractivity contribution in [3.8, 4) is 0 Å². The van der Waals surface area contributed by atoms with Gasteiger partial charge in [-0.05, 0) is 6.04 Å². The molecule has 5 nitrogen and oxygen atoms in total. The van der Waals surface area contributed by atoms with Gasteiger partial charge in [-0.15, -0.1) is 5.10 Å². The van der Waals surface area contributed by atoms with Gasteiger partial charge in [-0.1, -0.05) is 24.9 Å². The predicted molar refractivity (Wildman–Crippen MR) is 59.3 cm³/mol. The summed E-state index contributed by atoms with van der Waals surface area (Å²) in [4.78, 5) is 10.8. The largest absolute Gasteiger partial charge is 0.365 e. The minimum absolute atomic E-state index is 0.559. The number of ether oxygens (including phenoxy) is 1. The molecule has 0 radical (unpaired) electrons. The van der Waals surface area contributed by atoms with Crippen molar-refractivity contribution in [3.05, 3.63) is 11.9 Å². The Hall–Kier alpha value is -1.01. The molecule has 1 rings (SSSR count). The van der Waals surface area contributed by atoms with E-state index >= 15 is 0 Å². The van der Waals surface area contributed by atoms with Crippen LogP contribution in [0.1, 0.15) is 11.8 Å². The second-order valence-corrected chi connectivity index (χ2v) is 10.3. The number of rotatable bonds is 6. The Kier molecular flexibility index (Phi) is 4.16. The third-order valence-corrected chi connectivity index (χ3v) is 3.72. The lowest BCUT2D eigenvalue weighted by molar-refractivity contribution is -0.118. The molecule has 1 atom stereocenters. The van der Waals surface area contributed by atoms with E-state index in [1.165, 1.54) is 6.20 Å². The van der Waals surface area contributed by atoms with Crippen LogP contribution >= 0.6 is 0 Å². The molecule has 15 heavy (non-hydrogen) atoms. The van der Waals surface area contributed by atoms with Gasteiger partial charge in [-0.25, -0.2) is 0 Å². The number of H-pyrrole nitrogens is 1. The van der Waals surface area contributed by atoms with Gasteiger partial charge in [0.1, 0.15) is 0 Å². The van der Waals surface area contributed by atoms with Crippen molar-refractivity contribution in [2.75, 3.05) is 6.61 Å². The molecule has 0 aliphatic rings. The van der Waals surface area contributed by atoms with E-state index in [1.807, 2.05) is 0 Å². The summed E-state index contributed by atoms with van der Waals surface area (Å²) >= 11 is 0. The Bertz CT molecular complexity index is 295. The maximum atomic E-state index is 10.8. The fourth-order valence-electron chi connectivity index (χ4n) is 1.04. The Labute approximate surface area is 90.2 Å². The van der Waals surface area contributed by atoms with Crippen LogP contribution in [0.3, 0.4) is 0 Å². The van der Waals surface area contributed by atoms with E-state index in [0.717, 1.165) is 12.3 Å². The number of aldehydes is 1. The molecule has 6 heteroatoms. The van der Waals surface area contributed by atoms with E-state index in [2.05, 4.69) is 35.1 Å². The van der Waals surface area contributed by atoms with E-state index in [1.54, 1.807) is 0 Å². The van der Waals surface area contributed by atoms with Crippen molar-refractivity contribution >= 4 is 14.4 Å². The van der Waals surface area contributed by atoms with Gasteiger partial charge in [-0.2, -0.15) is 0 Å². The van der Waals surface area contributed by atoms with Crippen molar-refractivity contribution in [1.29, 1.82) is 0 Å². The van der Waals surface area contributed by atoms with Crippen molar-refractivity contribution in [2.24, 2.45) is 0 Å². The average molecular weight is 227 g/mol. The summed E-state index contributed by atoms with van der Waals surface area (Å²) in [6.07, 6.45) is 1.71. The van der Waals surface area contributed by atoms with E-state index in [-0.39, 0.29) is 0 Å². The van der Waals surface area contributed by atoms with Crippen LogP contribution in [0.2, 0.25) is 25.7 Å². The van der Waals surface area contributed by atoms with Gasteiger partial charge >= 0.3 is 0 Å². The standard InChI is InChI=1S/C9H17N3O2Si/c1-15(2,3)5-4-14-9(7-13)8-6-10-12-11-8/h6-7,9H,4-5H2,1-3H3,(H,10,11,12). The lowest BCUT2D eigenvalue weighted by Gasteiger charge is -2.17. The fraction of sp³-hybridized carbons (Fsp3) is 0.667. The molecule has 0 amide bonds. The van der Waals surface area contributed by atoms with Crippen LogP contribution in [0.15, 0.2) is 6.20 Å². The van der Waals surface area contributed by atoms with Gasteiger partial charge in [0.15, 0.2) is 12.4 Å². The second-order valence-electron chi connectivity index (χ2n) is 4.65. The van der Waals surface area contributed by atoms with Gasteiger partial charge in [0.2, 0.25) is 0 Å². The Morgan fingerprint density at radius 1 is 1.60 bits per heavy atom. The van der Waals surface area contributed by atoms with E-state index in [0.29, 0.717) is 12.3 Å². The normalized spacial score (nSPS) is 13.8. The van der Waals surface area contributed by atoms with Gasteiger partial charge in [0, 0.05) is 14.7 Å². The molecule has 84 valence electrons. The van der Waals surface area contributed by atoms with Crippen LogP contribution in [-0.4, -0.2) is 36.4 Å². The highest BCUT2D eigenvalue weighted by atomic mass is 28.3. The maximum absolute atomic E-state index is 10.8. The molecule has 0 aliphatic carbocycles. The van der Waals surface area contributed by atoms with E-state index in [9.17, 15) is 4.79 Å². The lowest BCUT2D eigenvalue weighted by atomic mass is 10.3. The molecule has 0 bridgehead atoms. The zero-order valence-electron chi connectivity index (χ0n) is 9.36. The topological polar surface area (TPSA) is 67.9 Å². The van der Waals surface area contributed by atoms with Gasteiger partial charge < -0.3 is 4.74 Å². The van der Waals surface area contributed by atoms with Crippen molar-refractivity contribution in [3.63, 3.8) is 0 Å². The first-order valence-corrected chi connectivity index (χ1v) is 8.66. The molecule has 1 heterocycles. The summed E-state index contributed by atoms with van der Waals surface area (Å²) in [5, 5.41) is 9.78. The molecule has 0 aromatic carbocycles. The molecular weight excluding hydrogens is 210 g/mol. The molecule has 0 spiro atoms. The molecule has 0 fully saturated rings. The zero-order valence-corrected chi connectivity index (χ0v) is 10.4. The molecule has 0 aliphatic heterocycles. The predicted octanol–water partition coefficient (Wildman–Crippen LogP) is 1.40. The number of nitrogens with zero attached hydrogens (tertiary/aromatic N) is 2. The smallest absolute Gasteiger partial charge is 0.155 e. The minimum atomic E-state index is -1.10. The zero-order chi connectivity index (χ0) is 11.3. The third-order valence-electron chi connectivity index (χ3n) is 2.01. The first kappa shape index (κ1) is 12.1. The highest BCUT2D eigenvalue weighted by Crippen LogP contribution is 2.14. The van der Waals surface area contributed by atoms with Crippen molar-refractivity contribution < 1.29 is 9.53 Å². The van der Waals surface area contributed by atoms with Crippen molar-refractivity contribution in [1.82, 2.24) is 15.4 Å². The highest BCUT2D eigenvalue weighted by molar-refractivity contribution is 6.76. The number of aromatic nitrogens is 3. The molecular formula is C9H17N3O2Si. The second kappa shape index (κ2) is 5.18. The molecule has 1 N–H and O–H groups in total. The molecule has 0 saturated heterocycles. The Morgan fingerprint density at radius 2 is 2.33 bits per heavy atom. The van der Waals surface area contributed by atoms with E-state index in [4.69, 9.17) is 4.74 Å². The minimum Gasteiger partial charge on any atom is -0.365 e.